The van der Waals surface area contributed by atoms with Crippen molar-refractivity contribution in [1.29, 1.82) is 0 Å². The maximum atomic E-state index is 9.31. The third kappa shape index (κ3) is 5.09. The second kappa shape index (κ2) is 9.49. The number of nitrogens with zero attached hydrogens (tertiary/aromatic N) is 2. The summed E-state index contributed by atoms with van der Waals surface area (Å²) in [4.78, 5) is 8.06. The van der Waals surface area contributed by atoms with Crippen LogP contribution >= 0.6 is 0 Å². The van der Waals surface area contributed by atoms with Gasteiger partial charge in [-0.1, -0.05) is 36.4 Å². The first-order valence-corrected chi connectivity index (χ1v) is 8.32. The molecule has 7 heteroatoms. The molecule has 4 rings (SSSR count). The van der Waals surface area contributed by atoms with Crippen molar-refractivity contribution in [2.75, 3.05) is 0 Å². The number of rotatable bonds is 0. The molecule has 4 aromatic rings. The second-order valence-corrected chi connectivity index (χ2v) is 5.01. The number of aromatic nitrogens is 2. The number of hydrogen-bond acceptors (Lipinski definition) is 6. The molecule has 0 aliphatic rings. The fourth-order valence-electron chi connectivity index (χ4n) is 2.18. The number of benzene rings is 2. The zero-order chi connectivity index (χ0) is 18.1. The summed E-state index contributed by atoms with van der Waals surface area (Å²) in [6, 6.07) is 18.3. The first kappa shape index (κ1) is 18.5. The number of phenolic OH excluding ortho intramolecular Hbond substituents is 2. The SMILES string of the molecule is Oc1cccc2cccnc12.Oc1cccc2cccnc12.[O]=[V][O-]. The van der Waals surface area contributed by atoms with Crippen LogP contribution in [0.1, 0.15) is 0 Å². The van der Waals surface area contributed by atoms with E-state index >= 15 is 0 Å². The number of pyridine rings is 2. The molecule has 0 saturated carbocycles. The molecule has 0 unspecified atom stereocenters. The second-order valence-electron chi connectivity index (χ2n) is 4.78. The molecule has 2 N–H and O–H groups in total. The van der Waals surface area contributed by atoms with Crippen molar-refractivity contribution in [2.24, 2.45) is 0 Å². The molecule has 0 aliphatic carbocycles. The van der Waals surface area contributed by atoms with E-state index in [-0.39, 0.29) is 11.5 Å². The number of hydrogen-bond donors (Lipinski definition) is 2. The fourth-order valence-corrected chi connectivity index (χ4v) is 2.18. The molecule has 25 heavy (non-hydrogen) atoms. The zero-order valence-electron chi connectivity index (χ0n) is 13.0. The van der Waals surface area contributed by atoms with Gasteiger partial charge in [-0.15, -0.1) is 0 Å². The average Bonchev–Trinajstić information content (AvgIpc) is 2.64. The summed E-state index contributed by atoms with van der Waals surface area (Å²) in [5, 5.41) is 20.5. The quantitative estimate of drug-likeness (QED) is 0.491. The van der Waals surface area contributed by atoms with E-state index in [1.54, 1.807) is 36.7 Å². The Kier molecular flexibility index (Phi) is 7.04. The van der Waals surface area contributed by atoms with E-state index in [2.05, 4.69) is 9.97 Å². The summed E-state index contributed by atoms with van der Waals surface area (Å²) < 4.78 is 16.9. The molecule has 2 heterocycles. The van der Waals surface area contributed by atoms with Crippen molar-refractivity contribution in [3.8, 4) is 11.5 Å². The minimum absolute atomic E-state index is 0.239. The summed E-state index contributed by atoms with van der Waals surface area (Å²) in [5.74, 6) is 0.478. The normalized spacial score (nSPS) is 9.48. The van der Waals surface area contributed by atoms with Gasteiger partial charge in [0.05, 0.1) is 0 Å². The van der Waals surface area contributed by atoms with Gasteiger partial charge in [0.25, 0.3) is 0 Å². The molecule has 0 spiro atoms. The number of para-hydroxylation sites is 2. The van der Waals surface area contributed by atoms with Crippen LogP contribution in [-0.2, 0) is 20.3 Å². The van der Waals surface area contributed by atoms with Gasteiger partial charge in [0, 0.05) is 23.2 Å². The number of fused-ring (bicyclic) bond motifs is 2. The molecule has 0 atom stereocenters. The van der Waals surface area contributed by atoms with Crippen LogP contribution in [0, 0.1) is 0 Å². The van der Waals surface area contributed by atoms with Crippen molar-refractivity contribution in [1.82, 2.24) is 9.97 Å². The van der Waals surface area contributed by atoms with Crippen LogP contribution in [0.3, 0.4) is 0 Å². The molecule has 2 aromatic carbocycles. The van der Waals surface area contributed by atoms with Gasteiger partial charge >= 0.3 is 24.3 Å². The van der Waals surface area contributed by atoms with Gasteiger partial charge in [-0.05, 0) is 24.3 Å². The predicted molar refractivity (Wildman–Crippen MR) is 87.5 cm³/mol. The zero-order valence-corrected chi connectivity index (χ0v) is 14.4. The Hall–Kier alpha value is -2.80. The standard InChI is InChI=1S/2C9H7NO.2O.V/c2*11-8-5-1-3-7-4-2-6-10-9(7)8;;;/h2*1-6,11H;;;/q;;;-1;. The van der Waals surface area contributed by atoms with Gasteiger partial charge in [-0.2, -0.15) is 0 Å². The first-order chi connectivity index (χ1) is 12.2. The van der Waals surface area contributed by atoms with Gasteiger partial charge < -0.3 is 10.2 Å². The van der Waals surface area contributed by atoms with Crippen molar-refractivity contribution >= 4 is 21.8 Å². The van der Waals surface area contributed by atoms with E-state index in [9.17, 15) is 10.2 Å². The third-order valence-corrected chi connectivity index (χ3v) is 3.22. The van der Waals surface area contributed by atoms with Gasteiger partial charge in [0.15, 0.2) is 0 Å². The fraction of sp³-hybridized carbons (Fsp3) is 0. The molecule has 126 valence electrons. The van der Waals surface area contributed by atoms with Crippen molar-refractivity contribution in [3.05, 3.63) is 73.1 Å². The maximum absolute atomic E-state index is 9.31. The predicted octanol–water partition coefficient (Wildman–Crippen LogP) is 2.57. The van der Waals surface area contributed by atoms with Gasteiger partial charge in [0.1, 0.15) is 22.5 Å². The van der Waals surface area contributed by atoms with Crippen LogP contribution < -0.4 is 4.03 Å². The van der Waals surface area contributed by atoms with Crippen LogP contribution in [0.2, 0.25) is 0 Å². The van der Waals surface area contributed by atoms with Gasteiger partial charge in [0.2, 0.25) is 0 Å². The topological polar surface area (TPSA) is 106 Å². The summed E-state index contributed by atoms with van der Waals surface area (Å²) in [6.45, 7) is 0. The molecule has 6 nitrogen and oxygen atoms in total. The molecular weight excluding hydrogens is 359 g/mol. The van der Waals surface area contributed by atoms with E-state index in [0.717, 1.165) is 10.8 Å². The van der Waals surface area contributed by atoms with Gasteiger partial charge in [-0.3, -0.25) is 9.97 Å². The molecule has 2 aromatic heterocycles. The molecule has 0 fully saturated rings. The molecule has 0 saturated heterocycles. The Morgan fingerprint density at radius 2 is 1.08 bits per heavy atom. The van der Waals surface area contributed by atoms with Gasteiger partial charge in [-0.25, -0.2) is 0 Å². The molecular formula is C18H14N2O4V-. The monoisotopic (exact) mass is 373 g/mol. The summed E-state index contributed by atoms with van der Waals surface area (Å²) in [5.41, 5.74) is 1.32. The minimum atomic E-state index is -1.81. The van der Waals surface area contributed by atoms with E-state index < -0.39 is 16.6 Å². The van der Waals surface area contributed by atoms with E-state index in [1.807, 2.05) is 36.4 Å². The Bertz CT molecular complexity index is 891. The summed E-state index contributed by atoms with van der Waals surface area (Å²) in [7, 11) is 0. The molecule has 0 bridgehead atoms. The average molecular weight is 373 g/mol. The Morgan fingerprint density at radius 1 is 0.720 bits per heavy atom. The van der Waals surface area contributed by atoms with E-state index in [0.29, 0.717) is 11.0 Å². The van der Waals surface area contributed by atoms with E-state index in [1.165, 1.54) is 0 Å². The Labute approximate surface area is 151 Å². The Balaban J connectivity index is 0.000000156. The van der Waals surface area contributed by atoms with Crippen molar-refractivity contribution in [2.45, 2.75) is 0 Å². The summed E-state index contributed by atoms with van der Waals surface area (Å²) in [6.07, 6.45) is 3.34. The first-order valence-electron chi connectivity index (χ1n) is 7.17. The van der Waals surface area contributed by atoms with Crippen LogP contribution in [0.25, 0.3) is 21.8 Å². The molecule has 0 radical (unpaired) electrons. The van der Waals surface area contributed by atoms with Crippen LogP contribution in [0.15, 0.2) is 73.1 Å². The summed E-state index contributed by atoms with van der Waals surface area (Å²) >= 11 is -1.81. The third-order valence-electron chi connectivity index (χ3n) is 3.22. The van der Waals surface area contributed by atoms with Crippen LogP contribution in [0.4, 0.5) is 0 Å². The van der Waals surface area contributed by atoms with Crippen LogP contribution in [0.5, 0.6) is 11.5 Å². The number of phenols is 2. The van der Waals surface area contributed by atoms with Crippen LogP contribution in [-0.4, -0.2) is 20.2 Å². The molecule has 0 amide bonds. The Morgan fingerprint density at radius 3 is 1.44 bits per heavy atom. The van der Waals surface area contributed by atoms with Crippen molar-refractivity contribution < 1.29 is 34.5 Å². The van der Waals surface area contributed by atoms with Crippen molar-refractivity contribution in [3.63, 3.8) is 0 Å². The van der Waals surface area contributed by atoms with E-state index in [4.69, 9.17) is 7.71 Å². The molecule has 0 aliphatic heterocycles. The number of aromatic hydroxyl groups is 2.